The largest absolute Gasteiger partial charge is 0.679 e. The first-order valence-electron chi connectivity index (χ1n) is 4.39. The lowest BCUT2D eigenvalue weighted by atomic mass is 10.5. The summed E-state index contributed by atoms with van der Waals surface area (Å²) in [5.41, 5.74) is 0. The van der Waals surface area contributed by atoms with Crippen molar-refractivity contribution in [3.05, 3.63) is 0 Å². The van der Waals surface area contributed by atoms with Gasteiger partial charge in [-0.15, -0.1) is 0 Å². The van der Waals surface area contributed by atoms with E-state index >= 15 is 0 Å². The Morgan fingerprint density at radius 2 is 1.58 bits per heavy atom. The molecular formula is C7H16O4Si. The smallest absolute Gasteiger partial charge is 0.351 e. The van der Waals surface area contributed by atoms with Crippen LogP contribution >= 0.6 is 0 Å². The van der Waals surface area contributed by atoms with Crippen molar-refractivity contribution in [2.45, 2.75) is 20.3 Å². The first-order chi connectivity index (χ1) is 5.83. The van der Waals surface area contributed by atoms with Gasteiger partial charge in [-0.3, -0.25) is 0 Å². The topological polar surface area (TPSA) is 36.9 Å². The highest BCUT2D eigenvalue weighted by molar-refractivity contribution is 6.53. The monoisotopic (exact) mass is 192 g/mol. The molecule has 1 rings (SSSR count). The fraction of sp³-hybridized carbons (Fsp3) is 1.00. The summed E-state index contributed by atoms with van der Waals surface area (Å²) in [5, 5.41) is 0. The quantitative estimate of drug-likeness (QED) is 0.621. The lowest BCUT2D eigenvalue weighted by Crippen LogP contribution is -2.52. The molecule has 0 aromatic carbocycles. The Hall–Kier alpha value is 0.0569. The van der Waals surface area contributed by atoms with Gasteiger partial charge in [0.25, 0.3) is 0 Å². The molecule has 1 heterocycles. The SMILES string of the molecule is CCO[Si]1(OCC)OCCCO1. The fourth-order valence-corrected chi connectivity index (χ4v) is 3.05. The maximum Gasteiger partial charge on any atom is 0.679 e. The molecule has 0 radical (unpaired) electrons. The summed E-state index contributed by atoms with van der Waals surface area (Å²) in [4.78, 5) is 0. The van der Waals surface area contributed by atoms with Crippen molar-refractivity contribution in [3.63, 3.8) is 0 Å². The van der Waals surface area contributed by atoms with Crippen LogP contribution in [0.15, 0.2) is 0 Å². The average molecular weight is 192 g/mol. The second-order valence-electron chi connectivity index (χ2n) is 2.42. The summed E-state index contributed by atoms with van der Waals surface area (Å²) in [7, 11) is -2.68. The molecule has 0 amide bonds. The molecule has 0 aromatic heterocycles. The van der Waals surface area contributed by atoms with Crippen LogP contribution < -0.4 is 0 Å². The van der Waals surface area contributed by atoms with Crippen LogP contribution in [0.25, 0.3) is 0 Å². The molecule has 1 aliphatic rings. The molecule has 1 saturated heterocycles. The molecule has 0 unspecified atom stereocenters. The van der Waals surface area contributed by atoms with Crippen LogP contribution in [-0.2, 0) is 17.7 Å². The molecule has 0 atom stereocenters. The third-order valence-corrected chi connectivity index (χ3v) is 3.89. The zero-order valence-electron chi connectivity index (χ0n) is 7.67. The molecule has 0 bridgehead atoms. The minimum Gasteiger partial charge on any atom is -0.351 e. The van der Waals surface area contributed by atoms with E-state index in [2.05, 4.69) is 0 Å². The van der Waals surface area contributed by atoms with Gasteiger partial charge < -0.3 is 17.7 Å². The Kier molecular flexibility index (Phi) is 4.17. The molecular weight excluding hydrogens is 176 g/mol. The molecule has 5 heteroatoms. The number of rotatable bonds is 4. The fourth-order valence-electron chi connectivity index (χ4n) is 1.06. The van der Waals surface area contributed by atoms with Gasteiger partial charge >= 0.3 is 9.05 Å². The molecule has 1 aliphatic heterocycles. The second-order valence-corrected chi connectivity index (χ2v) is 4.57. The highest BCUT2D eigenvalue weighted by atomic mass is 28.4. The maximum atomic E-state index is 5.42. The summed E-state index contributed by atoms with van der Waals surface area (Å²) in [6.07, 6.45) is 0.925. The van der Waals surface area contributed by atoms with Gasteiger partial charge in [0.05, 0.1) is 0 Å². The van der Waals surface area contributed by atoms with Gasteiger partial charge in [0.2, 0.25) is 0 Å². The summed E-state index contributed by atoms with van der Waals surface area (Å²) >= 11 is 0. The van der Waals surface area contributed by atoms with Crippen molar-refractivity contribution >= 4 is 9.05 Å². The van der Waals surface area contributed by atoms with Crippen molar-refractivity contribution in [2.24, 2.45) is 0 Å². The van der Waals surface area contributed by atoms with E-state index in [1.165, 1.54) is 0 Å². The predicted octanol–water partition coefficient (Wildman–Crippen LogP) is 0.932. The predicted molar refractivity (Wildman–Crippen MR) is 45.5 cm³/mol. The van der Waals surface area contributed by atoms with Crippen molar-refractivity contribution in [1.29, 1.82) is 0 Å². The van der Waals surface area contributed by atoms with E-state index in [0.717, 1.165) is 6.42 Å². The molecule has 0 aliphatic carbocycles. The van der Waals surface area contributed by atoms with Gasteiger partial charge in [0.15, 0.2) is 0 Å². The van der Waals surface area contributed by atoms with Gasteiger partial charge in [0, 0.05) is 26.4 Å². The molecule has 0 saturated carbocycles. The highest BCUT2D eigenvalue weighted by Crippen LogP contribution is 2.16. The molecule has 1 fully saturated rings. The van der Waals surface area contributed by atoms with Crippen LogP contribution in [0.1, 0.15) is 20.3 Å². The van der Waals surface area contributed by atoms with Crippen LogP contribution in [0.4, 0.5) is 0 Å². The zero-order chi connectivity index (χ0) is 8.86. The van der Waals surface area contributed by atoms with Crippen LogP contribution in [-0.4, -0.2) is 35.5 Å². The first kappa shape index (κ1) is 10.1. The van der Waals surface area contributed by atoms with E-state index in [9.17, 15) is 0 Å². The van der Waals surface area contributed by atoms with E-state index in [-0.39, 0.29) is 0 Å². The van der Waals surface area contributed by atoms with Gasteiger partial charge in [0.1, 0.15) is 0 Å². The summed E-state index contributed by atoms with van der Waals surface area (Å²) < 4.78 is 21.6. The lowest BCUT2D eigenvalue weighted by Gasteiger charge is -2.30. The van der Waals surface area contributed by atoms with Crippen LogP contribution in [0, 0.1) is 0 Å². The number of hydrogen-bond acceptors (Lipinski definition) is 4. The van der Waals surface area contributed by atoms with E-state index in [1.54, 1.807) is 0 Å². The molecule has 0 spiro atoms. The minimum atomic E-state index is -2.68. The van der Waals surface area contributed by atoms with Crippen molar-refractivity contribution in [3.8, 4) is 0 Å². The molecule has 4 nitrogen and oxygen atoms in total. The van der Waals surface area contributed by atoms with Gasteiger partial charge in [-0.1, -0.05) is 0 Å². The second kappa shape index (κ2) is 4.93. The molecule has 12 heavy (non-hydrogen) atoms. The standard InChI is InChI=1S/C7H16O4Si/c1-3-8-12(9-4-2)10-6-5-7-11-12/h3-7H2,1-2H3. The Morgan fingerprint density at radius 3 is 2.00 bits per heavy atom. The van der Waals surface area contributed by atoms with E-state index < -0.39 is 9.05 Å². The minimum absolute atomic E-state index is 0.576. The Balaban J connectivity index is 2.44. The summed E-state index contributed by atoms with van der Waals surface area (Å²) in [6, 6.07) is 0. The first-order valence-corrected chi connectivity index (χ1v) is 6.02. The van der Waals surface area contributed by atoms with Crippen LogP contribution in [0.5, 0.6) is 0 Å². The third-order valence-electron chi connectivity index (χ3n) is 1.49. The molecule has 0 aromatic rings. The summed E-state index contributed by atoms with van der Waals surface area (Å²) in [5.74, 6) is 0. The van der Waals surface area contributed by atoms with Gasteiger partial charge in [-0.05, 0) is 20.3 Å². The highest BCUT2D eigenvalue weighted by Gasteiger charge is 2.46. The lowest BCUT2D eigenvalue weighted by molar-refractivity contribution is -0.0566. The van der Waals surface area contributed by atoms with Gasteiger partial charge in [-0.2, -0.15) is 0 Å². The molecule has 0 N–H and O–H groups in total. The average Bonchev–Trinajstić information content (AvgIpc) is 2.07. The van der Waals surface area contributed by atoms with E-state index in [1.807, 2.05) is 13.8 Å². The zero-order valence-corrected chi connectivity index (χ0v) is 8.67. The Labute approximate surface area is 74.3 Å². The van der Waals surface area contributed by atoms with Crippen molar-refractivity contribution in [2.75, 3.05) is 26.4 Å². The third kappa shape index (κ3) is 2.53. The summed E-state index contributed by atoms with van der Waals surface area (Å²) in [6.45, 7) is 6.35. The van der Waals surface area contributed by atoms with Gasteiger partial charge in [-0.25, -0.2) is 0 Å². The van der Waals surface area contributed by atoms with E-state index in [4.69, 9.17) is 17.7 Å². The van der Waals surface area contributed by atoms with Crippen LogP contribution in [0.2, 0.25) is 0 Å². The molecule has 72 valence electrons. The van der Waals surface area contributed by atoms with E-state index in [0.29, 0.717) is 26.4 Å². The van der Waals surface area contributed by atoms with Crippen molar-refractivity contribution < 1.29 is 17.7 Å². The van der Waals surface area contributed by atoms with Crippen molar-refractivity contribution in [1.82, 2.24) is 0 Å². The Morgan fingerprint density at radius 1 is 1.08 bits per heavy atom. The maximum absolute atomic E-state index is 5.42. The number of hydrogen-bond donors (Lipinski definition) is 0. The Bertz CT molecular complexity index is 109. The van der Waals surface area contributed by atoms with Crippen LogP contribution in [0.3, 0.4) is 0 Å². The normalized spacial score (nSPS) is 22.5.